The molecule has 152 valence electrons. The number of amides is 3. The molecule has 0 radical (unpaired) electrons. The molecule has 2 aliphatic heterocycles. The summed E-state index contributed by atoms with van der Waals surface area (Å²) in [4.78, 5) is 37.0. The van der Waals surface area contributed by atoms with E-state index in [9.17, 15) is 27.6 Å². The molecule has 2 heterocycles. The Morgan fingerprint density at radius 2 is 1.64 bits per heavy atom. The first kappa shape index (κ1) is 20.0. The number of aromatic carboxylic acids is 1. The normalized spacial score (nSPS) is 22.0. The van der Waals surface area contributed by atoms with Crippen LogP contribution in [0.5, 0.6) is 0 Å². The van der Waals surface area contributed by atoms with Crippen LogP contribution in [0, 0.1) is 11.8 Å². The van der Waals surface area contributed by atoms with E-state index in [1.807, 2.05) is 0 Å². The van der Waals surface area contributed by atoms with Gasteiger partial charge in [0.1, 0.15) is 0 Å². The number of nitrogens with one attached hydrogen (secondary N) is 1. The van der Waals surface area contributed by atoms with Crippen molar-refractivity contribution < 1.29 is 32.7 Å². The van der Waals surface area contributed by atoms with Crippen molar-refractivity contribution in [3.63, 3.8) is 0 Å². The van der Waals surface area contributed by atoms with E-state index in [4.69, 9.17) is 5.11 Å². The van der Waals surface area contributed by atoms with Gasteiger partial charge in [-0.25, -0.2) is 9.59 Å². The number of hydrogen-bond acceptors (Lipinski definition) is 3. The number of carboxylic acids is 1. The van der Waals surface area contributed by atoms with Crippen molar-refractivity contribution in [2.75, 3.05) is 26.2 Å². The average Bonchev–Trinajstić information content (AvgIpc) is 3.08. The van der Waals surface area contributed by atoms with Gasteiger partial charge in [0.2, 0.25) is 0 Å². The Balaban J connectivity index is 1.51. The van der Waals surface area contributed by atoms with Crippen LogP contribution in [0.25, 0.3) is 0 Å². The highest BCUT2D eigenvalue weighted by atomic mass is 19.4. The molecule has 0 bridgehead atoms. The number of carbonyl (C=O) groups excluding carboxylic acids is 2. The minimum Gasteiger partial charge on any atom is -0.478 e. The van der Waals surface area contributed by atoms with Gasteiger partial charge in [-0.05, 0) is 36.0 Å². The fourth-order valence-corrected chi connectivity index (χ4v) is 3.75. The quantitative estimate of drug-likeness (QED) is 0.813. The topological polar surface area (TPSA) is 89.9 Å². The molecule has 2 unspecified atom stereocenters. The number of urea groups is 1. The first-order valence-electron chi connectivity index (χ1n) is 8.86. The van der Waals surface area contributed by atoms with Gasteiger partial charge < -0.3 is 20.2 Å². The Bertz CT molecular complexity index is 766. The van der Waals surface area contributed by atoms with Gasteiger partial charge in [0.05, 0.1) is 5.56 Å². The fourth-order valence-electron chi connectivity index (χ4n) is 3.75. The van der Waals surface area contributed by atoms with Crippen LogP contribution in [0.15, 0.2) is 24.3 Å². The maximum absolute atomic E-state index is 12.6. The second-order valence-corrected chi connectivity index (χ2v) is 7.12. The number of nitrogens with zero attached hydrogens (tertiary/aromatic N) is 2. The van der Waals surface area contributed by atoms with Crippen LogP contribution >= 0.6 is 0 Å². The second-order valence-electron chi connectivity index (χ2n) is 7.12. The lowest BCUT2D eigenvalue weighted by atomic mass is 9.89. The Labute approximate surface area is 159 Å². The van der Waals surface area contributed by atoms with Crippen LogP contribution < -0.4 is 5.32 Å². The third kappa shape index (κ3) is 4.37. The van der Waals surface area contributed by atoms with E-state index in [0.717, 1.165) is 10.5 Å². The number of hydrogen-bond donors (Lipinski definition) is 2. The highest BCUT2D eigenvalue weighted by Gasteiger charge is 2.48. The molecule has 0 aliphatic carbocycles. The van der Waals surface area contributed by atoms with Crippen LogP contribution in [0.2, 0.25) is 0 Å². The van der Waals surface area contributed by atoms with Gasteiger partial charge in [-0.2, -0.15) is 13.2 Å². The summed E-state index contributed by atoms with van der Waals surface area (Å²) in [5.74, 6) is -3.05. The van der Waals surface area contributed by atoms with E-state index in [2.05, 4.69) is 5.32 Å². The molecule has 2 fully saturated rings. The van der Waals surface area contributed by atoms with Crippen molar-refractivity contribution in [1.29, 1.82) is 0 Å². The predicted molar refractivity (Wildman–Crippen MR) is 91.4 cm³/mol. The number of carboxylic acid groups (broad SMARTS) is 1. The number of rotatable bonds is 3. The van der Waals surface area contributed by atoms with Crippen LogP contribution in [0.4, 0.5) is 18.0 Å². The van der Waals surface area contributed by atoms with Crippen molar-refractivity contribution in [1.82, 2.24) is 15.1 Å². The molecule has 1 aromatic carbocycles. The van der Waals surface area contributed by atoms with Crippen molar-refractivity contribution in [3.8, 4) is 0 Å². The van der Waals surface area contributed by atoms with E-state index in [1.165, 1.54) is 12.1 Å². The van der Waals surface area contributed by atoms with Crippen molar-refractivity contribution in [2.45, 2.75) is 19.1 Å². The number of likely N-dealkylation sites (tertiary alicyclic amines) is 2. The Morgan fingerprint density at radius 3 is 2.25 bits per heavy atom. The van der Waals surface area contributed by atoms with Crippen molar-refractivity contribution >= 4 is 17.9 Å². The lowest BCUT2D eigenvalue weighted by molar-refractivity contribution is -0.184. The molecule has 2 saturated heterocycles. The molecular weight excluding hydrogens is 379 g/mol. The molecule has 1 aromatic rings. The lowest BCUT2D eigenvalue weighted by Gasteiger charge is -2.34. The SMILES string of the molecule is O=C(O)c1ccc(CNC(=O)N2CCC3CN(C(=O)C(F)(F)F)CC3C2)cc1. The average molecular weight is 399 g/mol. The first-order chi connectivity index (χ1) is 13.1. The van der Waals surface area contributed by atoms with Gasteiger partial charge in [0.25, 0.3) is 0 Å². The fraction of sp³-hybridized carbons (Fsp3) is 0.500. The Hall–Kier alpha value is -2.78. The third-order valence-corrected chi connectivity index (χ3v) is 5.26. The van der Waals surface area contributed by atoms with Gasteiger partial charge >= 0.3 is 24.1 Å². The van der Waals surface area contributed by atoms with Crippen LogP contribution in [0.1, 0.15) is 22.3 Å². The molecule has 0 aromatic heterocycles. The standard InChI is InChI=1S/C18H20F3N3O4/c19-18(20,21)16(27)24-8-13-5-6-23(9-14(13)10-24)17(28)22-7-11-1-3-12(4-2-11)15(25)26/h1-4,13-14H,5-10H2,(H,22,28)(H,25,26). The lowest BCUT2D eigenvalue weighted by Crippen LogP contribution is -2.47. The number of benzene rings is 1. The summed E-state index contributed by atoms with van der Waals surface area (Å²) in [5.41, 5.74) is 0.882. The van der Waals surface area contributed by atoms with Gasteiger partial charge in [-0.15, -0.1) is 0 Å². The highest BCUT2D eigenvalue weighted by Crippen LogP contribution is 2.33. The first-order valence-corrected chi connectivity index (χ1v) is 8.86. The van der Waals surface area contributed by atoms with E-state index >= 15 is 0 Å². The number of fused-ring (bicyclic) bond motifs is 1. The summed E-state index contributed by atoms with van der Waals surface area (Å²) in [5, 5.41) is 11.6. The monoisotopic (exact) mass is 399 g/mol. The van der Waals surface area contributed by atoms with Gasteiger partial charge in [0, 0.05) is 32.7 Å². The van der Waals surface area contributed by atoms with Crippen molar-refractivity contribution in [2.24, 2.45) is 11.8 Å². The summed E-state index contributed by atoms with van der Waals surface area (Å²) in [6.45, 7) is 1.01. The zero-order valence-corrected chi connectivity index (χ0v) is 14.9. The smallest absolute Gasteiger partial charge is 0.471 e. The summed E-state index contributed by atoms with van der Waals surface area (Å²) in [7, 11) is 0. The van der Waals surface area contributed by atoms with Crippen LogP contribution in [-0.4, -0.2) is 65.2 Å². The molecular formula is C18H20F3N3O4. The van der Waals surface area contributed by atoms with Gasteiger partial charge in [-0.3, -0.25) is 4.79 Å². The summed E-state index contributed by atoms with van der Waals surface area (Å²) >= 11 is 0. The molecule has 28 heavy (non-hydrogen) atoms. The molecule has 3 rings (SSSR count). The Morgan fingerprint density at radius 1 is 1.04 bits per heavy atom. The summed E-state index contributed by atoms with van der Waals surface area (Å²) in [6.07, 6.45) is -4.33. The minimum absolute atomic E-state index is 0.00341. The van der Waals surface area contributed by atoms with E-state index in [0.29, 0.717) is 19.5 Å². The zero-order valence-electron chi connectivity index (χ0n) is 14.9. The van der Waals surface area contributed by atoms with Crippen molar-refractivity contribution in [3.05, 3.63) is 35.4 Å². The molecule has 10 heteroatoms. The molecule has 2 N–H and O–H groups in total. The maximum Gasteiger partial charge on any atom is 0.471 e. The van der Waals surface area contributed by atoms with E-state index < -0.39 is 18.1 Å². The van der Waals surface area contributed by atoms with Gasteiger partial charge in [-0.1, -0.05) is 12.1 Å². The molecule has 2 atom stereocenters. The van der Waals surface area contributed by atoms with Gasteiger partial charge in [0.15, 0.2) is 0 Å². The summed E-state index contributed by atoms with van der Waals surface area (Å²) < 4.78 is 37.8. The maximum atomic E-state index is 12.6. The van der Waals surface area contributed by atoms with Crippen LogP contribution in [0.3, 0.4) is 0 Å². The molecule has 2 aliphatic rings. The molecule has 3 amide bonds. The minimum atomic E-state index is -4.87. The number of halogens is 3. The highest BCUT2D eigenvalue weighted by molar-refractivity contribution is 5.87. The largest absolute Gasteiger partial charge is 0.478 e. The zero-order chi connectivity index (χ0) is 20.5. The number of alkyl halides is 3. The van der Waals surface area contributed by atoms with E-state index in [1.54, 1.807) is 17.0 Å². The molecule has 0 spiro atoms. The van der Waals surface area contributed by atoms with Crippen LogP contribution in [-0.2, 0) is 11.3 Å². The molecule has 7 nitrogen and oxygen atoms in total. The van der Waals surface area contributed by atoms with E-state index in [-0.39, 0.29) is 43.1 Å². The summed E-state index contributed by atoms with van der Waals surface area (Å²) in [6, 6.07) is 5.77. The Kier molecular flexibility index (Phi) is 5.48. The third-order valence-electron chi connectivity index (χ3n) is 5.26. The number of carbonyl (C=O) groups is 3. The predicted octanol–water partition coefficient (Wildman–Crippen LogP) is 1.94. The molecule has 0 saturated carbocycles. The second kappa shape index (κ2) is 7.69. The number of piperidine rings is 1.